The van der Waals surface area contributed by atoms with Crippen LogP contribution in [0.4, 0.5) is 5.69 Å². The fourth-order valence-electron chi connectivity index (χ4n) is 1.40. The van der Waals surface area contributed by atoms with Crippen molar-refractivity contribution in [3.63, 3.8) is 0 Å². The van der Waals surface area contributed by atoms with Crippen molar-refractivity contribution in [3.8, 4) is 0 Å². The second kappa shape index (κ2) is 6.72. The van der Waals surface area contributed by atoms with E-state index in [9.17, 15) is 4.79 Å². The summed E-state index contributed by atoms with van der Waals surface area (Å²) in [5.41, 5.74) is 0.803. The smallest absolute Gasteiger partial charge is 0.225 e. The molecule has 19 heavy (non-hydrogen) atoms. The summed E-state index contributed by atoms with van der Waals surface area (Å²) in [5, 5.41) is 11.4. The summed E-state index contributed by atoms with van der Waals surface area (Å²) in [6.07, 6.45) is 2.08. The molecule has 0 aliphatic rings. The van der Waals surface area contributed by atoms with Gasteiger partial charge in [-0.05, 0) is 24.3 Å². The van der Waals surface area contributed by atoms with Gasteiger partial charge in [0.2, 0.25) is 5.91 Å². The Morgan fingerprint density at radius 1 is 1.42 bits per heavy atom. The molecule has 2 rings (SSSR count). The lowest BCUT2D eigenvalue weighted by atomic mass is 10.3. The first kappa shape index (κ1) is 14.1. The molecule has 0 unspecified atom stereocenters. The average Bonchev–Trinajstić information content (AvgIpc) is 2.78. The molecule has 0 saturated heterocycles. The average molecular weight is 341 g/mol. The molecule has 0 radical (unpaired) electrons. The molecule has 0 saturated carbocycles. The van der Waals surface area contributed by atoms with Crippen LogP contribution in [-0.4, -0.2) is 26.4 Å². The van der Waals surface area contributed by atoms with Gasteiger partial charge in [-0.1, -0.05) is 27.7 Å². The fourth-order valence-corrected chi connectivity index (χ4v) is 2.49. The van der Waals surface area contributed by atoms with E-state index in [-0.39, 0.29) is 5.91 Å². The van der Waals surface area contributed by atoms with Crippen LogP contribution in [0.25, 0.3) is 0 Å². The first-order valence-corrected chi connectivity index (χ1v) is 7.45. The minimum absolute atomic E-state index is 0.00279. The third-order valence-electron chi connectivity index (χ3n) is 2.36. The van der Waals surface area contributed by atoms with Gasteiger partial charge < -0.3 is 9.88 Å². The minimum atomic E-state index is -0.00279. The Labute approximate surface area is 123 Å². The van der Waals surface area contributed by atoms with Gasteiger partial charge in [0, 0.05) is 29.4 Å². The van der Waals surface area contributed by atoms with Gasteiger partial charge in [0.15, 0.2) is 5.16 Å². The van der Waals surface area contributed by atoms with Crippen molar-refractivity contribution in [1.29, 1.82) is 0 Å². The van der Waals surface area contributed by atoms with E-state index in [1.54, 1.807) is 6.33 Å². The van der Waals surface area contributed by atoms with E-state index in [0.717, 1.165) is 15.3 Å². The SMILES string of the molecule is Cn1cnnc1SCCC(=O)Nc1ccc(Br)cc1. The highest BCUT2D eigenvalue weighted by Gasteiger charge is 2.05. The lowest BCUT2D eigenvalue weighted by Crippen LogP contribution is -2.12. The maximum absolute atomic E-state index is 11.7. The Morgan fingerprint density at radius 3 is 2.79 bits per heavy atom. The predicted molar refractivity (Wildman–Crippen MR) is 79.1 cm³/mol. The third-order valence-corrected chi connectivity index (χ3v) is 3.92. The van der Waals surface area contributed by atoms with Gasteiger partial charge in [-0.15, -0.1) is 10.2 Å². The molecule has 100 valence electrons. The Balaban J connectivity index is 1.76. The van der Waals surface area contributed by atoms with Crippen molar-refractivity contribution in [3.05, 3.63) is 35.1 Å². The summed E-state index contributed by atoms with van der Waals surface area (Å²) in [7, 11) is 1.88. The fraction of sp³-hybridized carbons (Fsp3) is 0.250. The van der Waals surface area contributed by atoms with Crippen molar-refractivity contribution < 1.29 is 4.79 Å². The van der Waals surface area contributed by atoms with Gasteiger partial charge in [-0.3, -0.25) is 4.79 Å². The van der Waals surface area contributed by atoms with E-state index in [1.165, 1.54) is 11.8 Å². The first-order valence-electron chi connectivity index (χ1n) is 5.67. The van der Waals surface area contributed by atoms with Crippen molar-refractivity contribution in [1.82, 2.24) is 14.8 Å². The molecule has 2 aromatic rings. The molecule has 1 heterocycles. The van der Waals surface area contributed by atoms with Gasteiger partial charge in [0.1, 0.15) is 6.33 Å². The van der Waals surface area contributed by atoms with Crippen molar-refractivity contribution in [2.75, 3.05) is 11.1 Å². The predicted octanol–water partition coefficient (Wildman–Crippen LogP) is 2.70. The number of aryl methyl sites for hydroxylation is 1. The number of anilines is 1. The molecule has 0 fully saturated rings. The van der Waals surface area contributed by atoms with E-state index in [0.29, 0.717) is 12.2 Å². The molecule has 7 heteroatoms. The molecule has 1 aromatic carbocycles. The lowest BCUT2D eigenvalue weighted by Gasteiger charge is -2.05. The highest BCUT2D eigenvalue weighted by Crippen LogP contribution is 2.16. The monoisotopic (exact) mass is 340 g/mol. The normalized spacial score (nSPS) is 10.4. The van der Waals surface area contributed by atoms with Crippen LogP contribution in [0, 0.1) is 0 Å². The number of thioether (sulfide) groups is 1. The number of hydrogen-bond donors (Lipinski definition) is 1. The molecule has 0 bridgehead atoms. The molecular weight excluding hydrogens is 328 g/mol. The van der Waals surface area contributed by atoms with Crippen LogP contribution in [0.1, 0.15) is 6.42 Å². The van der Waals surface area contributed by atoms with E-state index < -0.39 is 0 Å². The van der Waals surface area contributed by atoms with Gasteiger partial charge in [-0.25, -0.2) is 0 Å². The zero-order valence-electron chi connectivity index (χ0n) is 10.3. The molecule has 0 aliphatic heterocycles. The van der Waals surface area contributed by atoms with Crippen LogP contribution < -0.4 is 5.32 Å². The van der Waals surface area contributed by atoms with E-state index >= 15 is 0 Å². The van der Waals surface area contributed by atoms with E-state index in [4.69, 9.17) is 0 Å². The van der Waals surface area contributed by atoms with Crippen LogP contribution >= 0.6 is 27.7 Å². The molecular formula is C12H13BrN4OS. The number of nitrogens with zero attached hydrogens (tertiary/aromatic N) is 3. The number of aromatic nitrogens is 3. The number of halogens is 1. The van der Waals surface area contributed by atoms with Gasteiger partial charge in [0.25, 0.3) is 0 Å². The number of amides is 1. The zero-order chi connectivity index (χ0) is 13.7. The van der Waals surface area contributed by atoms with E-state index in [1.807, 2.05) is 35.9 Å². The second-order valence-electron chi connectivity index (χ2n) is 3.88. The Kier molecular flexibility index (Phi) is 4.98. The Morgan fingerprint density at radius 2 is 2.16 bits per heavy atom. The van der Waals surface area contributed by atoms with Crippen molar-refractivity contribution >= 4 is 39.3 Å². The second-order valence-corrected chi connectivity index (χ2v) is 5.86. The maximum atomic E-state index is 11.7. The molecule has 1 amide bonds. The number of carbonyl (C=O) groups is 1. The molecule has 0 aliphatic carbocycles. The van der Waals surface area contributed by atoms with Gasteiger partial charge >= 0.3 is 0 Å². The Bertz CT molecular complexity index is 555. The summed E-state index contributed by atoms with van der Waals surface area (Å²) >= 11 is 4.87. The largest absolute Gasteiger partial charge is 0.326 e. The van der Waals surface area contributed by atoms with Crippen molar-refractivity contribution in [2.24, 2.45) is 7.05 Å². The highest BCUT2D eigenvalue weighted by atomic mass is 79.9. The summed E-state index contributed by atoms with van der Waals surface area (Å²) < 4.78 is 2.82. The number of benzene rings is 1. The Hall–Kier alpha value is -1.34. The van der Waals surface area contributed by atoms with Crippen molar-refractivity contribution in [2.45, 2.75) is 11.6 Å². The third kappa shape index (κ3) is 4.36. The topological polar surface area (TPSA) is 59.8 Å². The van der Waals surface area contributed by atoms with Crippen LogP contribution in [0.5, 0.6) is 0 Å². The molecule has 0 atom stereocenters. The maximum Gasteiger partial charge on any atom is 0.225 e. The number of carbonyl (C=O) groups excluding carboxylic acids is 1. The summed E-state index contributed by atoms with van der Waals surface area (Å²) in [4.78, 5) is 11.7. The van der Waals surface area contributed by atoms with Crippen LogP contribution in [0.3, 0.4) is 0 Å². The van der Waals surface area contributed by atoms with Gasteiger partial charge in [0.05, 0.1) is 0 Å². The minimum Gasteiger partial charge on any atom is -0.326 e. The summed E-state index contributed by atoms with van der Waals surface area (Å²) in [6.45, 7) is 0. The van der Waals surface area contributed by atoms with Crippen LogP contribution in [-0.2, 0) is 11.8 Å². The summed E-state index contributed by atoms with van der Waals surface area (Å²) in [6, 6.07) is 7.50. The van der Waals surface area contributed by atoms with Crippen LogP contribution in [0.15, 0.2) is 40.2 Å². The summed E-state index contributed by atoms with van der Waals surface area (Å²) in [5.74, 6) is 0.673. The first-order chi connectivity index (χ1) is 9.15. The number of rotatable bonds is 5. The zero-order valence-corrected chi connectivity index (χ0v) is 12.7. The number of nitrogens with one attached hydrogen (secondary N) is 1. The van der Waals surface area contributed by atoms with Crippen LogP contribution in [0.2, 0.25) is 0 Å². The molecule has 1 aromatic heterocycles. The van der Waals surface area contributed by atoms with Gasteiger partial charge in [-0.2, -0.15) is 0 Å². The molecule has 0 spiro atoms. The molecule has 1 N–H and O–H groups in total. The van der Waals surface area contributed by atoms with E-state index in [2.05, 4.69) is 31.4 Å². The quantitative estimate of drug-likeness (QED) is 0.850. The number of hydrogen-bond acceptors (Lipinski definition) is 4. The molecule has 5 nitrogen and oxygen atoms in total. The standard InChI is InChI=1S/C12H13BrN4OS/c1-17-8-14-16-12(17)19-7-6-11(18)15-10-4-2-9(13)3-5-10/h2-5,8H,6-7H2,1H3,(H,15,18). The lowest BCUT2D eigenvalue weighted by molar-refractivity contribution is -0.115. The highest BCUT2D eigenvalue weighted by molar-refractivity contribution is 9.10.